The predicted molar refractivity (Wildman–Crippen MR) is 57.0 cm³/mol. The summed E-state index contributed by atoms with van der Waals surface area (Å²) in [7, 11) is 3.13. The van der Waals surface area contributed by atoms with Crippen LogP contribution in [0.5, 0.6) is 0 Å². The molecule has 0 aliphatic carbocycles. The third kappa shape index (κ3) is 3.12. The monoisotopic (exact) mass is 247 g/mol. The van der Waals surface area contributed by atoms with Crippen molar-refractivity contribution < 1.29 is 23.1 Å². The van der Waals surface area contributed by atoms with E-state index in [1.807, 2.05) is 0 Å². The average molecular weight is 247 g/mol. The van der Waals surface area contributed by atoms with Crippen molar-refractivity contribution >= 4 is 11.7 Å². The summed E-state index contributed by atoms with van der Waals surface area (Å²) in [5, 5.41) is 8.35. The fourth-order valence-electron chi connectivity index (χ4n) is 1.42. The Morgan fingerprint density at radius 2 is 2.00 bits per heavy atom. The minimum Gasteiger partial charge on any atom is -0.477 e. The summed E-state index contributed by atoms with van der Waals surface area (Å²) in [5.74, 6) is -6.61. The van der Waals surface area contributed by atoms with Gasteiger partial charge in [-0.3, -0.25) is 0 Å². The Kier molecular flexibility index (Phi) is 3.65. The zero-order valence-corrected chi connectivity index (χ0v) is 9.38. The molecule has 0 radical (unpaired) electrons. The van der Waals surface area contributed by atoms with Gasteiger partial charge in [-0.05, 0) is 17.7 Å². The van der Waals surface area contributed by atoms with E-state index in [9.17, 15) is 18.0 Å². The molecule has 94 valence electrons. The molecule has 1 N–H and O–H groups in total. The molecule has 0 aliphatic rings. The van der Waals surface area contributed by atoms with Crippen LogP contribution in [0.3, 0.4) is 0 Å². The highest BCUT2D eigenvalue weighted by Gasteiger charge is 2.39. The lowest BCUT2D eigenvalue weighted by Gasteiger charge is -2.19. The summed E-state index contributed by atoms with van der Waals surface area (Å²) >= 11 is 0. The van der Waals surface area contributed by atoms with Gasteiger partial charge in [-0.1, -0.05) is 6.07 Å². The maximum Gasteiger partial charge on any atom is 0.374 e. The molecule has 1 rings (SSSR count). The van der Waals surface area contributed by atoms with Crippen LogP contribution in [0.15, 0.2) is 18.2 Å². The van der Waals surface area contributed by atoms with Crippen LogP contribution in [0.1, 0.15) is 5.56 Å². The summed E-state index contributed by atoms with van der Waals surface area (Å²) in [4.78, 5) is 11.8. The highest BCUT2D eigenvalue weighted by Crippen LogP contribution is 2.27. The normalized spacial score (nSPS) is 11.4. The van der Waals surface area contributed by atoms with E-state index in [1.165, 1.54) is 11.0 Å². The van der Waals surface area contributed by atoms with Crippen LogP contribution in [0, 0.1) is 5.82 Å². The van der Waals surface area contributed by atoms with Gasteiger partial charge in [0.15, 0.2) is 0 Å². The number of hydrogen-bond acceptors (Lipinski definition) is 2. The summed E-state index contributed by atoms with van der Waals surface area (Å²) in [6.07, 6.45) is -0.962. The van der Waals surface area contributed by atoms with Gasteiger partial charge in [-0.2, -0.15) is 8.78 Å². The molecule has 0 atom stereocenters. The van der Waals surface area contributed by atoms with Crippen LogP contribution in [-0.2, 0) is 11.2 Å². The molecule has 3 nitrogen and oxygen atoms in total. The van der Waals surface area contributed by atoms with Gasteiger partial charge in [0.2, 0.25) is 0 Å². The molecular weight excluding hydrogens is 235 g/mol. The SMILES string of the molecule is CN(C)c1cc(F)ccc1CC(F)(F)C(=O)O. The number of alkyl halides is 2. The standard InChI is InChI=1S/C11H12F3NO2/c1-15(2)9-5-8(12)4-3-7(9)6-11(13,14)10(16)17/h3-5H,6H2,1-2H3,(H,16,17). The van der Waals surface area contributed by atoms with Gasteiger partial charge in [0.05, 0.1) is 0 Å². The summed E-state index contributed by atoms with van der Waals surface area (Å²) in [6, 6.07) is 3.29. The van der Waals surface area contributed by atoms with Crippen LogP contribution in [0.25, 0.3) is 0 Å². The Bertz CT molecular complexity index is 433. The Hall–Kier alpha value is -1.72. The van der Waals surface area contributed by atoms with Gasteiger partial charge in [-0.15, -0.1) is 0 Å². The zero-order valence-electron chi connectivity index (χ0n) is 9.38. The van der Waals surface area contributed by atoms with Crippen molar-refractivity contribution in [3.05, 3.63) is 29.6 Å². The number of carboxylic acid groups (broad SMARTS) is 1. The van der Waals surface area contributed by atoms with Crippen LogP contribution < -0.4 is 4.90 Å². The molecule has 0 fully saturated rings. The van der Waals surface area contributed by atoms with Crippen molar-refractivity contribution in [2.24, 2.45) is 0 Å². The van der Waals surface area contributed by atoms with Crippen molar-refractivity contribution in [1.82, 2.24) is 0 Å². The molecular formula is C11H12F3NO2. The lowest BCUT2D eigenvalue weighted by molar-refractivity contribution is -0.164. The van der Waals surface area contributed by atoms with Crippen molar-refractivity contribution in [2.45, 2.75) is 12.3 Å². The zero-order chi connectivity index (χ0) is 13.2. The van der Waals surface area contributed by atoms with Crippen LogP contribution in [0.4, 0.5) is 18.9 Å². The minimum absolute atomic E-state index is 0.0869. The number of halogens is 3. The number of anilines is 1. The second-order valence-corrected chi connectivity index (χ2v) is 3.85. The Labute approximate surface area is 96.5 Å². The van der Waals surface area contributed by atoms with Crippen LogP contribution >= 0.6 is 0 Å². The molecule has 0 heterocycles. The topological polar surface area (TPSA) is 40.5 Å². The van der Waals surface area contributed by atoms with E-state index in [2.05, 4.69) is 0 Å². The molecule has 0 saturated heterocycles. The Morgan fingerprint density at radius 1 is 1.41 bits per heavy atom. The molecule has 0 aliphatic heterocycles. The number of carboxylic acids is 1. The van der Waals surface area contributed by atoms with Gasteiger partial charge in [0, 0.05) is 26.2 Å². The fourth-order valence-corrected chi connectivity index (χ4v) is 1.42. The number of hydrogen-bond donors (Lipinski definition) is 1. The van der Waals surface area contributed by atoms with Crippen molar-refractivity contribution in [1.29, 1.82) is 0 Å². The lowest BCUT2D eigenvalue weighted by Crippen LogP contribution is -2.31. The first-order chi connectivity index (χ1) is 7.74. The van der Waals surface area contributed by atoms with Gasteiger partial charge >= 0.3 is 11.9 Å². The lowest BCUT2D eigenvalue weighted by atomic mass is 10.0. The number of rotatable bonds is 4. The third-order valence-electron chi connectivity index (χ3n) is 2.25. The van der Waals surface area contributed by atoms with E-state index >= 15 is 0 Å². The Balaban J connectivity index is 3.10. The van der Waals surface area contributed by atoms with E-state index in [-0.39, 0.29) is 11.3 Å². The van der Waals surface area contributed by atoms with Gasteiger partial charge in [-0.25, -0.2) is 9.18 Å². The second-order valence-electron chi connectivity index (χ2n) is 3.85. The highest BCUT2D eigenvalue weighted by atomic mass is 19.3. The average Bonchev–Trinajstić information content (AvgIpc) is 2.19. The molecule has 1 aromatic carbocycles. The third-order valence-corrected chi connectivity index (χ3v) is 2.25. The maximum absolute atomic E-state index is 13.1. The molecule has 0 spiro atoms. The molecule has 1 aromatic rings. The molecule has 0 amide bonds. The first kappa shape index (κ1) is 13.3. The van der Waals surface area contributed by atoms with Crippen molar-refractivity contribution in [2.75, 3.05) is 19.0 Å². The second kappa shape index (κ2) is 4.65. The molecule has 0 aromatic heterocycles. The van der Waals surface area contributed by atoms with E-state index in [1.54, 1.807) is 14.1 Å². The van der Waals surface area contributed by atoms with Gasteiger partial charge < -0.3 is 10.0 Å². The molecule has 0 bridgehead atoms. The maximum atomic E-state index is 13.1. The van der Waals surface area contributed by atoms with E-state index < -0.39 is 24.1 Å². The number of benzene rings is 1. The highest BCUT2D eigenvalue weighted by molar-refractivity contribution is 5.76. The van der Waals surface area contributed by atoms with E-state index in [4.69, 9.17) is 5.11 Å². The molecule has 17 heavy (non-hydrogen) atoms. The van der Waals surface area contributed by atoms with Gasteiger partial charge in [0.1, 0.15) is 5.82 Å². The van der Waals surface area contributed by atoms with E-state index in [0.29, 0.717) is 0 Å². The summed E-state index contributed by atoms with van der Waals surface area (Å²) in [6.45, 7) is 0. The fraction of sp³-hybridized carbons (Fsp3) is 0.364. The van der Waals surface area contributed by atoms with Crippen LogP contribution in [-0.4, -0.2) is 31.1 Å². The van der Waals surface area contributed by atoms with Gasteiger partial charge in [0.25, 0.3) is 0 Å². The number of nitrogens with zero attached hydrogens (tertiary/aromatic N) is 1. The predicted octanol–water partition coefficient (Wildman–Crippen LogP) is 2.15. The molecule has 0 saturated carbocycles. The van der Waals surface area contributed by atoms with Crippen LogP contribution in [0.2, 0.25) is 0 Å². The first-order valence-corrected chi connectivity index (χ1v) is 4.81. The first-order valence-electron chi connectivity index (χ1n) is 4.81. The number of carbonyl (C=O) groups is 1. The Morgan fingerprint density at radius 3 is 2.47 bits per heavy atom. The summed E-state index contributed by atoms with van der Waals surface area (Å²) in [5.41, 5.74) is 0.328. The van der Waals surface area contributed by atoms with Crippen molar-refractivity contribution in [3.63, 3.8) is 0 Å². The largest absolute Gasteiger partial charge is 0.477 e. The number of aliphatic carboxylic acids is 1. The molecule has 6 heteroatoms. The quantitative estimate of drug-likeness (QED) is 0.886. The van der Waals surface area contributed by atoms with E-state index in [0.717, 1.165) is 12.1 Å². The summed E-state index contributed by atoms with van der Waals surface area (Å²) < 4.78 is 39.1. The molecule has 0 unspecified atom stereocenters. The minimum atomic E-state index is -3.86. The smallest absolute Gasteiger partial charge is 0.374 e. The van der Waals surface area contributed by atoms with Crippen molar-refractivity contribution in [3.8, 4) is 0 Å².